The van der Waals surface area contributed by atoms with E-state index < -0.39 is 14.2 Å². The van der Waals surface area contributed by atoms with E-state index in [9.17, 15) is 10.0 Å². The summed E-state index contributed by atoms with van der Waals surface area (Å²) in [5, 5.41) is 22.0. The van der Waals surface area contributed by atoms with Crippen LogP contribution in [0.15, 0.2) is 60.7 Å². The predicted molar refractivity (Wildman–Crippen MR) is 170 cm³/mol. The molecule has 2 aromatic carbocycles. The van der Waals surface area contributed by atoms with E-state index in [1.807, 2.05) is 25.8 Å². The lowest BCUT2D eigenvalue weighted by atomic mass is 9.84. The van der Waals surface area contributed by atoms with Gasteiger partial charge in [-0.25, -0.2) is 0 Å². The maximum absolute atomic E-state index is 10.2. The Morgan fingerprint density at radius 1 is 0.784 bits per heavy atom. The molecule has 2 aliphatic rings. The lowest BCUT2D eigenvalue weighted by Gasteiger charge is -2.31. The van der Waals surface area contributed by atoms with Crippen molar-refractivity contribution in [3.8, 4) is 0 Å². The monoisotopic (exact) mass is 523 g/mol. The minimum Gasteiger partial charge on any atom is -0.437 e. The molecule has 2 radical (unpaired) electrons. The van der Waals surface area contributed by atoms with E-state index in [1.54, 1.807) is 0 Å². The van der Waals surface area contributed by atoms with Crippen molar-refractivity contribution in [2.24, 2.45) is 11.8 Å². The SMILES string of the molecule is C.C.CC[C@@H]1C[C@@H](C)CN1B(C)O.[B][P+](C[C@@H]1C[C@@H](C)CN1B(C)O)(c1ccccc1)c1ccccc1. The Hall–Kier alpha value is -1.10. The van der Waals surface area contributed by atoms with Gasteiger partial charge < -0.3 is 19.7 Å². The van der Waals surface area contributed by atoms with Gasteiger partial charge in [0.05, 0.1) is 16.8 Å². The summed E-state index contributed by atoms with van der Waals surface area (Å²) in [4.78, 5) is 4.42. The van der Waals surface area contributed by atoms with Gasteiger partial charge in [0.1, 0.15) is 0 Å². The number of benzene rings is 2. The molecule has 2 N–H and O–H groups in total. The summed E-state index contributed by atoms with van der Waals surface area (Å²) in [6, 6.07) is 22.0. The van der Waals surface area contributed by atoms with E-state index in [0.717, 1.165) is 38.0 Å². The second-order valence-corrected chi connectivity index (χ2v) is 13.9. The van der Waals surface area contributed by atoms with Crippen molar-refractivity contribution in [1.29, 1.82) is 0 Å². The topological polar surface area (TPSA) is 46.9 Å². The third-order valence-electron chi connectivity index (χ3n) is 7.70. The van der Waals surface area contributed by atoms with Crippen LogP contribution in [-0.4, -0.2) is 72.7 Å². The fraction of sp³-hybridized carbons (Fsp3) is 0.586. The standard InChI is InChI=1S/C19H25B2NOP.C8H18BNO.2CH4/c1-16-13-17(22(14-16)21(2)23)15-24(20,18-9-5-3-6-10-18)19-11-7-4-8-12-19;1-4-8-5-7(2)6-10(8)9(3)11;;/h3-12,16-17,23H,13-15H2,1-2H3;7-8,11H,4-6H2,1-3H3;2*1H4/q+1;;;/t16-,17+;7-,8-;;/m11../s1. The average Bonchev–Trinajstić information content (AvgIpc) is 3.42. The summed E-state index contributed by atoms with van der Waals surface area (Å²) < 4.78 is 0. The van der Waals surface area contributed by atoms with Crippen molar-refractivity contribution in [2.75, 3.05) is 19.3 Å². The van der Waals surface area contributed by atoms with Crippen LogP contribution in [0.3, 0.4) is 0 Å². The highest BCUT2D eigenvalue weighted by molar-refractivity contribution is 8.08. The summed E-state index contributed by atoms with van der Waals surface area (Å²) in [5.41, 5.74) is 0. The fourth-order valence-electron chi connectivity index (χ4n) is 5.94. The first kappa shape index (κ1) is 33.9. The molecule has 4 atom stereocenters. The molecule has 0 saturated carbocycles. The van der Waals surface area contributed by atoms with Crippen LogP contribution in [0.2, 0.25) is 13.6 Å². The Morgan fingerprint density at radius 2 is 1.16 bits per heavy atom. The highest BCUT2D eigenvalue weighted by Gasteiger charge is 2.45. The molecule has 2 saturated heterocycles. The molecular weight excluding hydrogens is 472 g/mol. The largest absolute Gasteiger partial charge is 0.437 e. The number of rotatable bonds is 7. The van der Waals surface area contributed by atoms with Crippen LogP contribution in [0.1, 0.15) is 54.9 Å². The van der Waals surface area contributed by atoms with Crippen molar-refractivity contribution in [3.05, 3.63) is 60.7 Å². The molecule has 0 aromatic heterocycles. The van der Waals surface area contributed by atoms with E-state index in [1.165, 1.54) is 17.0 Å². The lowest BCUT2D eigenvalue weighted by molar-refractivity contribution is 0.337. The van der Waals surface area contributed by atoms with Gasteiger partial charge in [0, 0.05) is 19.2 Å². The van der Waals surface area contributed by atoms with Gasteiger partial charge >= 0.3 is 21.7 Å². The Bertz CT molecular complexity index is 852. The molecule has 4 nitrogen and oxygen atoms in total. The van der Waals surface area contributed by atoms with Gasteiger partial charge in [-0.15, -0.1) is 0 Å². The summed E-state index contributed by atoms with van der Waals surface area (Å²) in [7, 11) is 4.48. The molecule has 0 aliphatic carbocycles. The highest BCUT2D eigenvalue weighted by atomic mass is 31.2. The molecule has 0 spiro atoms. The van der Waals surface area contributed by atoms with Crippen molar-refractivity contribution in [2.45, 2.75) is 80.6 Å². The van der Waals surface area contributed by atoms with E-state index >= 15 is 0 Å². The minimum absolute atomic E-state index is 0. The van der Waals surface area contributed by atoms with Gasteiger partial charge in [0.25, 0.3) is 0 Å². The molecule has 2 aliphatic heterocycles. The van der Waals surface area contributed by atoms with Crippen LogP contribution in [0.5, 0.6) is 0 Å². The molecular formula is C29H51B3N2O2P+. The number of hydrogen-bond donors (Lipinski definition) is 2. The third-order valence-corrected chi connectivity index (χ3v) is 11.1. The molecule has 2 aromatic rings. The second-order valence-electron chi connectivity index (χ2n) is 10.8. The molecule has 8 heteroatoms. The van der Waals surface area contributed by atoms with Crippen LogP contribution >= 0.6 is 7.14 Å². The third kappa shape index (κ3) is 8.70. The smallest absolute Gasteiger partial charge is 0.377 e. The normalized spacial score (nSPS) is 23.9. The number of hydrogen-bond acceptors (Lipinski definition) is 4. The van der Waals surface area contributed by atoms with Gasteiger partial charge in [-0.05, 0) is 82.1 Å². The first-order valence-corrected chi connectivity index (χ1v) is 15.4. The van der Waals surface area contributed by atoms with Gasteiger partial charge in [-0.1, -0.05) is 72.0 Å². The van der Waals surface area contributed by atoms with Gasteiger partial charge in [0.2, 0.25) is 0 Å². The summed E-state index contributed by atoms with van der Waals surface area (Å²) in [5.74, 6) is 1.36. The van der Waals surface area contributed by atoms with E-state index in [0.29, 0.717) is 18.0 Å². The molecule has 0 amide bonds. The zero-order valence-electron chi connectivity index (χ0n) is 22.3. The van der Waals surface area contributed by atoms with Crippen molar-refractivity contribution < 1.29 is 10.0 Å². The average molecular weight is 523 g/mol. The quantitative estimate of drug-likeness (QED) is 0.394. The summed E-state index contributed by atoms with van der Waals surface area (Å²) in [6.45, 7) is 12.5. The zero-order valence-corrected chi connectivity index (χ0v) is 23.2. The van der Waals surface area contributed by atoms with Gasteiger partial charge in [0.15, 0.2) is 0 Å². The minimum atomic E-state index is -1.98. The van der Waals surface area contributed by atoms with Crippen LogP contribution in [0, 0.1) is 11.8 Å². The van der Waals surface area contributed by atoms with Crippen molar-refractivity contribution in [3.63, 3.8) is 0 Å². The summed E-state index contributed by atoms with van der Waals surface area (Å²) >= 11 is 0. The number of nitrogens with zero attached hydrogens (tertiary/aromatic N) is 2. The van der Waals surface area contributed by atoms with Crippen LogP contribution in [-0.2, 0) is 0 Å². The fourth-order valence-corrected chi connectivity index (χ4v) is 9.09. The van der Waals surface area contributed by atoms with Crippen molar-refractivity contribution >= 4 is 39.4 Å². The molecule has 0 bridgehead atoms. The lowest BCUT2D eigenvalue weighted by Crippen LogP contribution is -2.44. The first-order valence-electron chi connectivity index (χ1n) is 13.3. The zero-order chi connectivity index (χ0) is 25.6. The Morgan fingerprint density at radius 3 is 1.51 bits per heavy atom. The van der Waals surface area contributed by atoms with Gasteiger partial charge in [-0.3, -0.25) is 0 Å². The van der Waals surface area contributed by atoms with Crippen molar-refractivity contribution in [1.82, 2.24) is 9.62 Å². The molecule has 4 rings (SSSR count). The molecule has 0 unspecified atom stereocenters. The van der Waals surface area contributed by atoms with Gasteiger partial charge in [-0.2, -0.15) is 0 Å². The van der Waals surface area contributed by atoms with Crippen LogP contribution in [0.4, 0.5) is 0 Å². The van der Waals surface area contributed by atoms with Crippen LogP contribution < -0.4 is 10.6 Å². The predicted octanol–water partition coefficient (Wildman–Crippen LogP) is 5.05. The van der Waals surface area contributed by atoms with E-state index in [4.69, 9.17) is 7.57 Å². The first-order chi connectivity index (χ1) is 16.7. The second kappa shape index (κ2) is 15.5. The Kier molecular flexibility index (Phi) is 14.2. The van der Waals surface area contributed by atoms with E-state index in [-0.39, 0.29) is 21.9 Å². The Labute approximate surface area is 231 Å². The molecule has 202 valence electrons. The van der Waals surface area contributed by atoms with E-state index in [2.05, 4.69) is 78.9 Å². The maximum Gasteiger partial charge on any atom is 0.377 e. The summed E-state index contributed by atoms with van der Waals surface area (Å²) in [6.07, 6.45) is 4.43. The maximum atomic E-state index is 10.2. The molecule has 37 heavy (non-hydrogen) atoms. The van der Waals surface area contributed by atoms with Crippen LogP contribution in [0.25, 0.3) is 0 Å². The highest BCUT2D eigenvalue weighted by Crippen LogP contribution is 2.53. The molecule has 2 fully saturated rings. The Balaban J connectivity index is 0.000000448. The molecule has 2 heterocycles.